The standard InChI is InChI=1S/C19H24N2O3/c1-3-18(14-7-9-17(24-2)10-8-14)21-16-6-4-5-15(13-16)19(23)20-11-12-22/h4-10,13,18,21-22H,3,11-12H2,1-2H3,(H,20,23). The second-order valence-electron chi connectivity index (χ2n) is 5.44. The molecule has 0 radical (unpaired) electrons. The molecule has 1 unspecified atom stereocenters. The molecule has 1 atom stereocenters. The van der Waals surface area contributed by atoms with E-state index in [1.54, 1.807) is 13.2 Å². The molecular weight excluding hydrogens is 304 g/mol. The third-order valence-electron chi connectivity index (χ3n) is 3.79. The number of aliphatic hydroxyl groups is 1. The van der Waals surface area contributed by atoms with Gasteiger partial charge in [-0.25, -0.2) is 0 Å². The van der Waals surface area contributed by atoms with Gasteiger partial charge in [0.25, 0.3) is 5.91 Å². The van der Waals surface area contributed by atoms with Gasteiger partial charge in [0.05, 0.1) is 19.8 Å². The minimum atomic E-state index is -0.190. The zero-order valence-corrected chi connectivity index (χ0v) is 14.1. The summed E-state index contributed by atoms with van der Waals surface area (Å²) in [5.74, 6) is 0.640. The van der Waals surface area contributed by atoms with E-state index in [1.165, 1.54) is 0 Å². The monoisotopic (exact) mass is 328 g/mol. The summed E-state index contributed by atoms with van der Waals surface area (Å²) < 4.78 is 5.19. The molecule has 0 bridgehead atoms. The van der Waals surface area contributed by atoms with Gasteiger partial charge in [0.15, 0.2) is 0 Å². The van der Waals surface area contributed by atoms with E-state index in [4.69, 9.17) is 9.84 Å². The highest BCUT2D eigenvalue weighted by atomic mass is 16.5. The van der Waals surface area contributed by atoms with Crippen molar-refractivity contribution in [3.05, 3.63) is 59.7 Å². The van der Waals surface area contributed by atoms with E-state index < -0.39 is 0 Å². The Labute approximate surface area is 142 Å². The first kappa shape index (κ1) is 17.8. The SMILES string of the molecule is CCC(Nc1cccc(C(=O)NCCO)c1)c1ccc(OC)cc1. The first-order valence-corrected chi connectivity index (χ1v) is 8.07. The molecule has 0 aliphatic rings. The van der Waals surface area contributed by atoms with Crippen LogP contribution in [0, 0.1) is 0 Å². The molecular formula is C19H24N2O3. The number of nitrogens with one attached hydrogen (secondary N) is 2. The number of methoxy groups -OCH3 is 1. The van der Waals surface area contributed by atoms with Gasteiger partial charge >= 0.3 is 0 Å². The van der Waals surface area contributed by atoms with Gasteiger partial charge in [-0.3, -0.25) is 4.79 Å². The highest BCUT2D eigenvalue weighted by molar-refractivity contribution is 5.95. The van der Waals surface area contributed by atoms with E-state index >= 15 is 0 Å². The molecule has 24 heavy (non-hydrogen) atoms. The molecule has 2 rings (SSSR count). The Bertz CT molecular complexity index is 656. The lowest BCUT2D eigenvalue weighted by Crippen LogP contribution is -2.26. The Hall–Kier alpha value is -2.53. The number of carbonyl (C=O) groups excluding carboxylic acids is 1. The van der Waals surface area contributed by atoms with Gasteiger partial charge in [-0.2, -0.15) is 0 Å². The van der Waals surface area contributed by atoms with Crippen LogP contribution >= 0.6 is 0 Å². The normalized spacial score (nSPS) is 11.6. The summed E-state index contributed by atoms with van der Waals surface area (Å²) in [6.07, 6.45) is 0.910. The van der Waals surface area contributed by atoms with Crippen molar-refractivity contribution in [2.45, 2.75) is 19.4 Å². The lowest BCUT2D eigenvalue weighted by molar-refractivity contribution is 0.0945. The van der Waals surface area contributed by atoms with Crippen molar-refractivity contribution >= 4 is 11.6 Å². The molecule has 0 aromatic heterocycles. The summed E-state index contributed by atoms with van der Waals surface area (Å²) in [6.45, 7) is 2.29. The fourth-order valence-electron chi connectivity index (χ4n) is 2.48. The molecule has 0 aliphatic heterocycles. The first-order chi connectivity index (χ1) is 11.7. The maximum absolute atomic E-state index is 12.0. The zero-order chi connectivity index (χ0) is 17.4. The Kier molecular flexibility index (Phi) is 6.63. The van der Waals surface area contributed by atoms with Crippen molar-refractivity contribution in [1.29, 1.82) is 0 Å². The smallest absolute Gasteiger partial charge is 0.251 e. The summed E-state index contributed by atoms with van der Waals surface area (Å²) in [5.41, 5.74) is 2.61. The largest absolute Gasteiger partial charge is 0.497 e. The van der Waals surface area contributed by atoms with E-state index in [0.717, 1.165) is 23.4 Å². The maximum atomic E-state index is 12.0. The summed E-state index contributed by atoms with van der Waals surface area (Å²) in [4.78, 5) is 12.0. The molecule has 3 N–H and O–H groups in total. The van der Waals surface area contributed by atoms with Crippen LogP contribution in [0.4, 0.5) is 5.69 Å². The Balaban J connectivity index is 2.11. The Morgan fingerprint density at radius 1 is 1.21 bits per heavy atom. The van der Waals surface area contributed by atoms with Crippen LogP contribution in [0.5, 0.6) is 5.75 Å². The fourth-order valence-corrected chi connectivity index (χ4v) is 2.48. The van der Waals surface area contributed by atoms with Gasteiger partial charge in [0.1, 0.15) is 5.75 Å². The third-order valence-corrected chi connectivity index (χ3v) is 3.79. The number of carbonyl (C=O) groups is 1. The summed E-state index contributed by atoms with van der Waals surface area (Å²) in [7, 11) is 1.65. The quantitative estimate of drug-likeness (QED) is 0.697. The number of amides is 1. The predicted octanol–water partition coefficient (Wildman–Crippen LogP) is 2.98. The highest BCUT2D eigenvalue weighted by Gasteiger charge is 2.11. The minimum Gasteiger partial charge on any atom is -0.497 e. The maximum Gasteiger partial charge on any atom is 0.251 e. The number of hydrogen-bond donors (Lipinski definition) is 3. The number of hydrogen-bond acceptors (Lipinski definition) is 4. The van der Waals surface area contributed by atoms with Crippen molar-refractivity contribution in [3.8, 4) is 5.75 Å². The van der Waals surface area contributed by atoms with Crippen molar-refractivity contribution in [3.63, 3.8) is 0 Å². The summed E-state index contributed by atoms with van der Waals surface area (Å²) >= 11 is 0. The second kappa shape index (κ2) is 8.93. The molecule has 128 valence electrons. The van der Waals surface area contributed by atoms with Gasteiger partial charge in [0.2, 0.25) is 0 Å². The van der Waals surface area contributed by atoms with E-state index in [2.05, 4.69) is 17.6 Å². The molecule has 0 aliphatic carbocycles. The van der Waals surface area contributed by atoms with Crippen molar-refractivity contribution in [1.82, 2.24) is 5.32 Å². The molecule has 0 saturated carbocycles. The van der Waals surface area contributed by atoms with Gasteiger partial charge in [-0.15, -0.1) is 0 Å². The van der Waals surface area contributed by atoms with Gasteiger partial charge in [-0.1, -0.05) is 25.1 Å². The number of ether oxygens (including phenoxy) is 1. The number of aliphatic hydroxyl groups excluding tert-OH is 1. The van der Waals surface area contributed by atoms with Crippen LogP contribution in [0.15, 0.2) is 48.5 Å². The van der Waals surface area contributed by atoms with Crippen molar-refractivity contribution in [2.24, 2.45) is 0 Å². The first-order valence-electron chi connectivity index (χ1n) is 8.07. The van der Waals surface area contributed by atoms with Crippen LogP contribution in [-0.4, -0.2) is 31.3 Å². The molecule has 5 heteroatoms. The van der Waals surface area contributed by atoms with Gasteiger partial charge < -0.3 is 20.5 Å². The number of anilines is 1. The molecule has 0 heterocycles. The molecule has 0 spiro atoms. The van der Waals surface area contributed by atoms with E-state index in [1.807, 2.05) is 42.5 Å². The van der Waals surface area contributed by atoms with Crippen LogP contribution in [-0.2, 0) is 0 Å². The average Bonchev–Trinajstić information content (AvgIpc) is 2.64. The molecule has 0 fully saturated rings. The molecule has 0 saturated heterocycles. The van der Waals surface area contributed by atoms with Crippen LogP contribution in [0.3, 0.4) is 0 Å². The molecule has 2 aromatic rings. The van der Waals surface area contributed by atoms with Crippen molar-refractivity contribution < 1.29 is 14.6 Å². The average molecular weight is 328 g/mol. The predicted molar refractivity (Wildman–Crippen MR) is 95.5 cm³/mol. The van der Waals surface area contributed by atoms with Gasteiger partial charge in [0, 0.05) is 17.8 Å². The fraction of sp³-hybridized carbons (Fsp3) is 0.316. The van der Waals surface area contributed by atoms with Gasteiger partial charge in [-0.05, 0) is 42.3 Å². The van der Waals surface area contributed by atoms with E-state index in [0.29, 0.717) is 5.56 Å². The summed E-state index contributed by atoms with van der Waals surface area (Å²) in [5, 5.41) is 14.9. The Morgan fingerprint density at radius 3 is 2.58 bits per heavy atom. The van der Waals surface area contributed by atoms with Crippen LogP contribution in [0.25, 0.3) is 0 Å². The van der Waals surface area contributed by atoms with Crippen molar-refractivity contribution in [2.75, 3.05) is 25.6 Å². The minimum absolute atomic E-state index is 0.0704. The van der Waals surface area contributed by atoms with Crippen LogP contribution in [0.1, 0.15) is 35.3 Å². The third kappa shape index (κ3) is 4.73. The van der Waals surface area contributed by atoms with Crippen LogP contribution < -0.4 is 15.4 Å². The Morgan fingerprint density at radius 2 is 1.96 bits per heavy atom. The lowest BCUT2D eigenvalue weighted by atomic mass is 10.0. The molecule has 2 aromatic carbocycles. The second-order valence-corrected chi connectivity index (χ2v) is 5.44. The number of benzene rings is 2. The van der Waals surface area contributed by atoms with E-state index in [-0.39, 0.29) is 25.1 Å². The number of rotatable bonds is 8. The molecule has 1 amide bonds. The summed E-state index contributed by atoms with van der Waals surface area (Å²) in [6, 6.07) is 15.5. The van der Waals surface area contributed by atoms with Crippen LogP contribution in [0.2, 0.25) is 0 Å². The van der Waals surface area contributed by atoms with E-state index in [9.17, 15) is 4.79 Å². The highest BCUT2D eigenvalue weighted by Crippen LogP contribution is 2.25. The topological polar surface area (TPSA) is 70.6 Å². The molecule has 5 nitrogen and oxygen atoms in total. The lowest BCUT2D eigenvalue weighted by Gasteiger charge is -2.19. The zero-order valence-electron chi connectivity index (χ0n) is 14.1.